The summed E-state index contributed by atoms with van der Waals surface area (Å²) in [5, 5.41) is 32.9. The number of halogens is 8. The maximum Gasteiger partial charge on any atom is 1.00 e. The molecule has 0 spiro atoms. The van der Waals surface area contributed by atoms with Gasteiger partial charge in [-0.2, -0.15) is 0 Å². The van der Waals surface area contributed by atoms with E-state index in [-0.39, 0.29) is 204 Å². The second kappa shape index (κ2) is 78.0. The molecule has 0 saturated heterocycles. The van der Waals surface area contributed by atoms with Crippen molar-refractivity contribution in [3.8, 4) is 0 Å². The summed E-state index contributed by atoms with van der Waals surface area (Å²) >= 11 is 25.4. The molecule has 30 nitrogen and oxygen atoms in total. The smallest absolute Gasteiger partial charge is 1.00 e. The van der Waals surface area contributed by atoms with Gasteiger partial charge in [-0.05, 0) is 144 Å². The number of carbonyl (C=O) groups excluding carboxylic acids is 3. The molecule has 46 heteroatoms. The van der Waals surface area contributed by atoms with Crippen LogP contribution in [0.1, 0.15) is 211 Å². The third-order valence-electron chi connectivity index (χ3n) is 12.9. The van der Waals surface area contributed by atoms with E-state index >= 15 is 0 Å². The Morgan fingerprint density at radius 1 is 0.566 bits per heavy atom. The number of nitrogens with one attached hydrogen (secondary N) is 5. The monoisotopic (exact) mass is 1970 g/mol. The largest absolute Gasteiger partial charge is 1.00 e. The van der Waals surface area contributed by atoms with Gasteiger partial charge >= 0.3 is 132 Å². The molecule has 0 bridgehead atoms. The SMILES string of the molecule is CC(C)I.CO.CO.Cc1[nH]cnc1C=O.Cc1cc(=O)[nH]c(=S)[nH]1.Cc1cc(=O)[nH]c(SCc2c(C)ncn2C(C)C)n1.Cc1cc(=O)[nH]c(SCc2c(C)ncn2C(C)C)n1.Cc1ncn(C(C)C)c1C=O.Cc1ncn(C(C)C)c1CCl.Cc1ncn(C(C)C)c1CO.Cl.Cl.ClCCl.O=CO[O-].O=S(Cl)Cl.[B].[H-].[H-].[K+].[K+].[Na+]. The van der Waals surface area contributed by atoms with Gasteiger partial charge in [0.05, 0.1) is 107 Å². The topological polar surface area (TPSA) is 419 Å². The molecule has 9 heterocycles. The molecule has 0 aliphatic rings. The molecule has 9 rings (SSSR count). The Labute approximate surface area is 841 Å². The van der Waals surface area contributed by atoms with Crippen LogP contribution in [0.25, 0.3) is 0 Å². The molecule has 0 aliphatic carbocycles. The van der Waals surface area contributed by atoms with Crippen LogP contribution in [0.3, 0.4) is 0 Å². The van der Waals surface area contributed by atoms with Crippen molar-refractivity contribution < 1.29 is 179 Å². The van der Waals surface area contributed by atoms with Gasteiger partial charge in [0.2, 0.25) is 9.23 Å². The van der Waals surface area contributed by atoms with E-state index in [1.54, 1.807) is 26.5 Å². The van der Waals surface area contributed by atoms with E-state index < -0.39 is 9.23 Å². The van der Waals surface area contributed by atoms with Crippen LogP contribution in [0.5, 0.6) is 0 Å². The Kier molecular flexibility index (Phi) is 91.4. The molecule has 0 fully saturated rings. The summed E-state index contributed by atoms with van der Waals surface area (Å²) in [6.45, 7) is 42.1. The number of aryl methyl sites for hydroxylation is 9. The number of thioether (sulfide) groups is 2. The third-order valence-corrected chi connectivity index (χ3v) is 15.1. The number of aromatic nitrogens is 18. The molecule has 625 valence electrons. The van der Waals surface area contributed by atoms with Gasteiger partial charge in [0.15, 0.2) is 27.7 Å². The Balaban J connectivity index is -0.000000104. The summed E-state index contributed by atoms with van der Waals surface area (Å²) in [6, 6.07) is 6.32. The van der Waals surface area contributed by atoms with Crippen molar-refractivity contribution >= 4 is 176 Å². The first kappa shape index (κ1) is 132. The van der Waals surface area contributed by atoms with Crippen molar-refractivity contribution in [2.24, 2.45) is 0 Å². The molecule has 9 aromatic rings. The summed E-state index contributed by atoms with van der Waals surface area (Å²) in [7, 11) is 9.36. The molecule has 8 N–H and O–H groups in total. The zero-order valence-corrected chi connectivity index (χ0v) is 88.1. The fourth-order valence-electron chi connectivity index (χ4n) is 8.03. The molecular weight excluding hydrogens is 1860 g/mol. The number of nitrogens with zero attached hydrogens (tertiary/aromatic N) is 13. The van der Waals surface area contributed by atoms with Crippen molar-refractivity contribution in [2.75, 3.05) is 19.6 Å². The van der Waals surface area contributed by atoms with Crippen LogP contribution in [-0.4, -0.2) is 158 Å². The predicted molar refractivity (Wildman–Crippen MR) is 463 cm³/mol. The average molecular weight is 1970 g/mol. The van der Waals surface area contributed by atoms with Crippen LogP contribution >= 0.6 is 139 Å². The number of rotatable bonds is 16. The minimum absolute atomic E-state index is 0. The molecule has 0 amide bonds. The third kappa shape index (κ3) is 59.2. The number of carbonyl (C=O) groups is 3. The number of aliphatic hydroxyl groups is 3. The number of aldehydes is 2. The van der Waals surface area contributed by atoms with Gasteiger partial charge in [0.25, 0.3) is 23.2 Å². The molecule has 0 saturated carbocycles. The fourth-order valence-corrected chi connectivity index (χ4v) is 10.7. The first-order valence-corrected chi connectivity index (χ1v) is 40.3. The van der Waals surface area contributed by atoms with Gasteiger partial charge in [-0.15, -0.1) is 59.6 Å². The van der Waals surface area contributed by atoms with Crippen molar-refractivity contribution in [2.45, 2.75) is 214 Å². The van der Waals surface area contributed by atoms with Crippen LogP contribution in [0.2, 0.25) is 0 Å². The van der Waals surface area contributed by atoms with Gasteiger partial charge in [0.1, 0.15) is 11.4 Å². The number of imidazole rings is 6. The molecule has 0 aromatic carbocycles. The molecule has 0 atom stereocenters. The second-order valence-electron chi connectivity index (χ2n) is 23.0. The summed E-state index contributed by atoms with van der Waals surface area (Å²) in [5.74, 6) is 2.04. The number of alkyl halides is 4. The standard InChI is InChI=1S/2C13H18N4OS.C8H13ClN2.C8H14N2O.C8H12N2O.C5H6N2OS.C5H6N2O.C3H7I.CH2Cl2.CH2O3.2CH4O.B.Cl2OS.2ClH.2K.Na.2H/c2*1-8(2)17-7-14-10(4)11(17)6-19-13-15-9(3)5-12(18)16-13;1-6(2)11-5-10-7(3)8(11)4-9;2*1-6(2)10-5-9-7(3)8(10)4-11;1-3-2-4(8)7-5(9)6-3;1-4-5(2-8)7-3-6-4;1-3(2)4;2-1-3;2-1-4-3;2*1-2;;1-4(2)3;;;;;;;/h2*5,7-8H,6H2,1-4H3,(H,15,16,18);5-6H,4H2,1-3H3;5-6,11H,4H2,1-3H3;4-6H,1-3H3;2H,1H3,(H2,6,7,8,9);2-3H,1H3,(H,6,7);3H,1-2H3;1H2;1,3H;2*2H,1H3;;;2*1H;;;;;/q;;;;;;;;;;;;;;;;3*+1;2*-1/p-1. The van der Waals surface area contributed by atoms with Crippen LogP contribution < -0.4 is 154 Å². The van der Waals surface area contributed by atoms with Crippen LogP contribution in [0.4, 0.5) is 0 Å². The van der Waals surface area contributed by atoms with Crippen LogP contribution in [0.15, 0.2) is 80.9 Å². The Hall–Kier alpha value is -1.28. The van der Waals surface area contributed by atoms with Crippen molar-refractivity contribution in [1.29, 1.82) is 0 Å². The quantitative estimate of drug-likeness (QED) is 0.00589. The zero-order chi connectivity index (χ0) is 83.4. The zero-order valence-electron chi connectivity index (χ0n) is 71.1. The maximum absolute atomic E-state index is 11.4. The molecule has 0 aliphatic heterocycles. The van der Waals surface area contributed by atoms with Gasteiger partial charge in [-0.1, -0.05) is 60.0 Å². The number of hydrogen-bond donors (Lipinski definition) is 8. The van der Waals surface area contributed by atoms with E-state index in [1.165, 1.54) is 59.4 Å². The second-order valence-corrected chi connectivity index (χ2v) is 31.4. The number of H-pyrrole nitrogens is 5. The van der Waals surface area contributed by atoms with Gasteiger partial charge in [-0.25, -0.2) is 44.1 Å². The maximum atomic E-state index is 11.4. The predicted octanol–water partition coefficient (Wildman–Crippen LogP) is 5.19. The van der Waals surface area contributed by atoms with Crippen molar-refractivity contribution in [3.63, 3.8) is 0 Å². The van der Waals surface area contributed by atoms with Gasteiger partial charge < -0.3 is 71.1 Å². The first-order chi connectivity index (χ1) is 50.2. The Bertz CT molecular complexity index is 4020. The molecular formula is C67H109BCl7IK2N18NaO12S4. The average Bonchev–Trinajstić information content (AvgIpc) is 1.76. The summed E-state index contributed by atoms with van der Waals surface area (Å²) in [6.07, 6.45) is 12.1. The van der Waals surface area contributed by atoms with E-state index in [0.717, 1.165) is 105 Å². The van der Waals surface area contributed by atoms with Gasteiger partial charge in [-0.3, -0.25) is 33.8 Å². The minimum atomic E-state index is -1.67. The Morgan fingerprint density at radius 3 is 1.10 bits per heavy atom. The van der Waals surface area contributed by atoms with Crippen molar-refractivity contribution in [1.82, 2.24) is 87.6 Å². The number of aliphatic hydroxyl groups excluding tert-OH is 3. The molecule has 0 unspecified atom stereocenters. The molecule has 9 aromatic heterocycles. The van der Waals surface area contributed by atoms with E-state index in [9.17, 15) is 24.0 Å². The first-order valence-electron chi connectivity index (χ1n) is 32.3. The van der Waals surface area contributed by atoms with E-state index in [4.69, 9.17) is 64.4 Å². The number of aromatic amines is 5. The minimum Gasteiger partial charge on any atom is -1.00 e. The van der Waals surface area contributed by atoms with E-state index in [0.29, 0.717) is 62.6 Å². The molecule has 113 heavy (non-hydrogen) atoms. The van der Waals surface area contributed by atoms with E-state index in [2.05, 4.69) is 209 Å². The fraction of sp³-hybridized carbons (Fsp3) is 0.507. The van der Waals surface area contributed by atoms with Gasteiger partial charge in [0, 0.05) is 131 Å². The number of hydrogen-bond acceptors (Lipinski definition) is 23. The normalized spacial score (nSPS) is 9.42. The summed E-state index contributed by atoms with van der Waals surface area (Å²) in [5.41, 5.74) is 13.1. The van der Waals surface area contributed by atoms with E-state index in [1.807, 2.05) is 90.4 Å². The van der Waals surface area contributed by atoms with Crippen LogP contribution in [-0.2, 0) is 42.9 Å². The summed E-state index contributed by atoms with van der Waals surface area (Å²) < 4.78 is 20.5. The Morgan fingerprint density at radius 2 is 0.867 bits per heavy atom. The van der Waals surface area contributed by atoms with Crippen molar-refractivity contribution in [3.05, 3.63) is 177 Å². The molecule has 3 radical (unpaired) electrons. The van der Waals surface area contributed by atoms with Crippen LogP contribution in [0, 0.1) is 67.1 Å². The summed E-state index contributed by atoms with van der Waals surface area (Å²) in [4.78, 5) is 112.